The zero-order valence-corrected chi connectivity index (χ0v) is 14.0. The van der Waals surface area contributed by atoms with Crippen molar-refractivity contribution in [3.05, 3.63) is 65.5 Å². The first kappa shape index (κ1) is 16.7. The number of hydrogen-bond donors (Lipinski definition) is 2. The van der Waals surface area contributed by atoms with Crippen molar-refractivity contribution in [3.63, 3.8) is 0 Å². The van der Waals surface area contributed by atoms with E-state index in [0.717, 1.165) is 22.4 Å². The number of hydrogen-bond acceptors (Lipinski definition) is 3. The van der Waals surface area contributed by atoms with Gasteiger partial charge in [0, 0.05) is 18.5 Å². The van der Waals surface area contributed by atoms with E-state index < -0.39 is 5.91 Å². The number of para-hydroxylation sites is 2. The summed E-state index contributed by atoms with van der Waals surface area (Å²) in [6.45, 7) is 2.44. The second-order valence-corrected chi connectivity index (χ2v) is 5.94. The normalized spacial score (nSPS) is 10.8. The summed E-state index contributed by atoms with van der Waals surface area (Å²) in [6, 6.07) is 15.0. The van der Waals surface area contributed by atoms with Crippen LogP contribution in [0.5, 0.6) is 0 Å². The number of imidazole rings is 1. The van der Waals surface area contributed by atoms with Crippen molar-refractivity contribution in [3.8, 4) is 0 Å². The van der Waals surface area contributed by atoms with Gasteiger partial charge < -0.3 is 15.6 Å². The number of nitrogens with two attached hydrogens (primary N) is 1. The van der Waals surface area contributed by atoms with Crippen molar-refractivity contribution in [2.45, 2.75) is 19.9 Å². The topological polar surface area (TPSA) is 90.0 Å². The van der Waals surface area contributed by atoms with Crippen LogP contribution in [0.2, 0.25) is 0 Å². The van der Waals surface area contributed by atoms with Gasteiger partial charge in [-0.25, -0.2) is 4.98 Å². The monoisotopic (exact) mass is 336 g/mol. The molecule has 3 N–H and O–H groups in total. The number of carbonyl (C=O) groups is 2. The molecule has 2 aromatic carbocycles. The van der Waals surface area contributed by atoms with Gasteiger partial charge in [-0.3, -0.25) is 9.59 Å². The standard InChI is InChI=1S/C19H20N4O2/c1-13-5-4-6-14(11-13)19(25)21-10-9-18-22-15-7-2-3-8-16(15)23(18)12-17(20)24/h2-8,11H,9-10,12H2,1H3,(H2,20,24)(H,21,25). The Labute approximate surface area is 145 Å². The fraction of sp³-hybridized carbons (Fsp3) is 0.211. The quantitative estimate of drug-likeness (QED) is 0.719. The van der Waals surface area contributed by atoms with E-state index in [1.54, 1.807) is 10.6 Å². The first-order valence-electron chi connectivity index (χ1n) is 8.12. The summed E-state index contributed by atoms with van der Waals surface area (Å²) >= 11 is 0. The Kier molecular flexibility index (Phi) is 4.79. The van der Waals surface area contributed by atoms with Crippen LogP contribution in [0.3, 0.4) is 0 Å². The molecule has 1 aromatic heterocycles. The molecule has 0 aliphatic rings. The maximum atomic E-state index is 12.2. The first-order valence-corrected chi connectivity index (χ1v) is 8.12. The minimum atomic E-state index is -0.423. The molecule has 6 nitrogen and oxygen atoms in total. The van der Waals surface area contributed by atoms with Gasteiger partial charge in [0.1, 0.15) is 12.4 Å². The van der Waals surface area contributed by atoms with Crippen molar-refractivity contribution in [1.82, 2.24) is 14.9 Å². The van der Waals surface area contributed by atoms with Crippen LogP contribution in [0, 0.1) is 6.92 Å². The average molecular weight is 336 g/mol. The number of fused-ring (bicyclic) bond motifs is 1. The van der Waals surface area contributed by atoms with Crippen molar-refractivity contribution >= 4 is 22.8 Å². The summed E-state index contributed by atoms with van der Waals surface area (Å²) in [7, 11) is 0. The summed E-state index contributed by atoms with van der Waals surface area (Å²) in [4.78, 5) is 28.1. The Hall–Kier alpha value is -3.15. The summed E-state index contributed by atoms with van der Waals surface area (Å²) in [6.07, 6.45) is 0.513. The van der Waals surface area contributed by atoms with Crippen molar-refractivity contribution in [1.29, 1.82) is 0 Å². The third-order valence-electron chi connectivity index (χ3n) is 3.96. The Morgan fingerprint density at radius 2 is 1.96 bits per heavy atom. The van der Waals surface area contributed by atoms with E-state index in [1.807, 2.05) is 49.4 Å². The van der Waals surface area contributed by atoms with E-state index in [4.69, 9.17) is 5.73 Å². The van der Waals surface area contributed by atoms with Gasteiger partial charge in [0.25, 0.3) is 5.91 Å². The highest BCUT2D eigenvalue weighted by atomic mass is 16.2. The van der Waals surface area contributed by atoms with Gasteiger partial charge in [0.2, 0.25) is 5.91 Å². The number of primary amides is 1. The molecule has 0 atom stereocenters. The van der Waals surface area contributed by atoms with E-state index in [1.165, 1.54) is 0 Å². The second kappa shape index (κ2) is 7.17. The molecule has 2 amide bonds. The largest absolute Gasteiger partial charge is 0.368 e. The molecule has 0 fully saturated rings. The molecule has 128 valence electrons. The van der Waals surface area contributed by atoms with Gasteiger partial charge in [-0.15, -0.1) is 0 Å². The van der Waals surface area contributed by atoms with Crippen LogP contribution in [-0.2, 0) is 17.8 Å². The zero-order chi connectivity index (χ0) is 17.8. The minimum Gasteiger partial charge on any atom is -0.368 e. The molecule has 3 rings (SSSR count). The van der Waals surface area contributed by atoms with Crippen molar-refractivity contribution in [2.75, 3.05) is 6.54 Å². The molecule has 0 saturated heterocycles. The Morgan fingerprint density at radius 1 is 1.16 bits per heavy atom. The lowest BCUT2D eigenvalue weighted by atomic mass is 10.1. The minimum absolute atomic E-state index is 0.0711. The average Bonchev–Trinajstić information content (AvgIpc) is 2.92. The lowest BCUT2D eigenvalue weighted by Crippen LogP contribution is -2.27. The molecule has 0 aliphatic carbocycles. The van der Waals surface area contributed by atoms with Gasteiger partial charge >= 0.3 is 0 Å². The smallest absolute Gasteiger partial charge is 0.251 e. The molecule has 0 spiro atoms. The SMILES string of the molecule is Cc1cccc(C(=O)NCCc2nc3ccccc3n2CC(N)=O)c1. The highest BCUT2D eigenvalue weighted by Crippen LogP contribution is 2.16. The van der Waals surface area contributed by atoms with Gasteiger partial charge in [-0.2, -0.15) is 0 Å². The van der Waals surface area contributed by atoms with Crippen LogP contribution >= 0.6 is 0 Å². The zero-order valence-electron chi connectivity index (χ0n) is 14.0. The number of aromatic nitrogens is 2. The van der Waals surface area contributed by atoms with Crippen LogP contribution in [0.4, 0.5) is 0 Å². The predicted molar refractivity (Wildman–Crippen MR) is 96.1 cm³/mol. The van der Waals surface area contributed by atoms with E-state index in [-0.39, 0.29) is 12.5 Å². The van der Waals surface area contributed by atoms with Gasteiger partial charge in [0.15, 0.2) is 0 Å². The highest BCUT2D eigenvalue weighted by molar-refractivity contribution is 5.94. The van der Waals surface area contributed by atoms with E-state index >= 15 is 0 Å². The van der Waals surface area contributed by atoms with E-state index in [9.17, 15) is 9.59 Å². The summed E-state index contributed by atoms with van der Waals surface area (Å²) in [5, 5.41) is 2.89. The Balaban J connectivity index is 1.72. The molecular formula is C19H20N4O2. The number of benzene rings is 2. The molecule has 1 heterocycles. The molecule has 0 aliphatic heterocycles. The number of carbonyl (C=O) groups excluding carboxylic acids is 2. The number of rotatable bonds is 6. The second-order valence-electron chi connectivity index (χ2n) is 5.94. The fourth-order valence-corrected chi connectivity index (χ4v) is 2.82. The van der Waals surface area contributed by atoms with Gasteiger partial charge in [-0.1, -0.05) is 29.8 Å². The molecular weight excluding hydrogens is 316 g/mol. The molecule has 0 unspecified atom stereocenters. The van der Waals surface area contributed by atoms with Crippen LogP contribution in [0.25, 0.3) is 11.0 Å². The van der Waals surface area contributed by atoms with Gasteiger partial charge in [0.05, 0.1) is 11.0 Å². The lowest BCUT2D eigenvalue weighted by molar-refractivity contribution is -0.118. The summed E-state index contributed by atoms with van der Waals surface area (Å²) in [5.74, 6) is 0.180. The van der Waals surface area contributed by atoms with Crippen LogP contribution in [0.1, 0.15) is 21.7 Å². The predicted octanol–water partition coefficient (Wildman–Crippen LogP) is 1.80. The van der Waals surface area contributed by atoms with Gasteiger partial charge in [-0.05, 0) is 31.2 Å². The molecule has 3 aromatic rings. The fourth-order valence-electron chi connectivity index (χ4n) is 2.82. The molecule has 0 saturated carbocycles. The maximum Gasteiger partial charge on any atom is 0.251 e. The molecule has 0 radical (unpaired) electrons. The van der Waals surface area contributed by atoms with Crippen molar-refractivity contribution in [2.24, 2.45) is 5.73 Å². The van der Waals surface area contributed by atoms with E-state index in [0.29, 0.717) is 18.5 Å². The Bertz CT molecular complexity index is 930. The third kappa shape index (κ3) is 3.85. The lowest BCUT2D eigenvalue weighted by Gasteiger charge is -2.08. The molecule has 25 heavy (non-hydrogen) atoms. The number of nitrogens with zero attached hydrogens (tertiary/aromatic N) is 2. The Morgan fingerprint density at radius 3 is 2.72 bits per heavy atom. The molecule has 6 heteroatoms. The molecule has 0 bridgehead atoms. The van der Waals surface area contributed by atoms with Crippen LogP contribution in [0.15, 0.2) is 48.5 Å². The number of nitrogens with one attached hydrogen (secondary N) is 1. The highest BCUT2D eigenvalue weighted by Gasteiger charge is 2.12. The van der Waals surface area contributed by atoms with E-state index in [2.05, 4.69) is 10.3 Å². The third-order valence-corrected chi connectivity index (χ3v) is 3.96. The van der Waals surface area contributed by atoms with Crippen LogP contribution < -0.4 is 11.1 Å². The van der Waals surface area contributed by atoms with Crippen molar-refractivity contribution < 1.29 is 9.59 Å². The first-order chi connectivity index (χ1) is 12.0. The summed E-state index contributed by atoms with van der Waals surface area (Å²) < 4.78 is 1.80. The van der Waals surface area contributed by atoms with Crippen LogP contribution in [-0.4, -0.2) is 27.9 Å². The summed E-state index contributed by atoms with van der Waals surface area (Å²) in [5.41, 5.74) is 8.69. The maximum absolute atomic E-state index is 12.2. The number of amides is 2. The number of aryl methyl sites for hydroxylation is 1.